The highest BCUT2D eigenvalue weighted by atomic mass is 32.2. The van der Waals surface area contributed by atoms with Crippen molar-refractivity contribution in [3.8, 4) is 28.5 Å². The van der Waals surface area contributed by atoms with Crippen LogP contribution in [0.1, 0.15) is 11.5 Å². The summed E-state index contributed by atoms with van der Waals surface area (Å²) in [6.45, 7) is 4.39. The minimum atomic E-state index is -2.17. The largest absolute Gasteiger partial charge is 0.481 e. The van der Waals surface area contributed by atoms with Crippen molar-refractivity contribution in [1.82, 2.24) is 40.3 Å². The molecule has 5 rings (SSSR count). The van der Waals surface area contributed by atoms with Crippen molar-refractivity contribution in [3.05, 3.63) is 42.0 Å². The number of aliphatic hydroxyl groups is 1. The maximum absolute atomic E-state index is 11.1. The zero-order chi connectivity index (χ0) is 27.2. The zero-order valence-corrected chi connectivity index (χ0v) is 22.1. The molecule has 1 aliphatic heterocycles. The lowest BCUT2D eigenvalue weighted by molar-refractivity contribution is 0.0148. The van der Waals surface area contributed by atoms with Gasteiger partial charge in [-0.25, -0.2) is 13.9 Å². The Kier molecular flexibility index (Phi) is 8.88. The van der Waals surface area contributed by atoms with Crippen molar-refractivity contribution in [3.63, 3.8) is 0 Å². The average Bonchev–Trinajstić information content (AvgIpc) is 3.61. The summed E-state index contributed by atoms with van der Waals surface area (Å²) >= 11 is -2.17. The van der Waals surface area contributed by atoms with Gasteiger partial charge in [-0.1, -0.05) is 0 Å². The van der Waals surface area contributed by atoms with Crippen molar-refractivity contribution in [2.75, 3.05) is 46.5 Å². The van der Waals surface area contributed by atoms with E-state index >= 15 is 0 Å². The molecule has 0 aliphatic carbocycles. The number of aromatic nitrogens is 5. The van der Waals surface area contributed by atoms with Crippen LogP contribution in [0, 0.1) is 0 Å². The van der Waals surface area contributed by atoms with E-state index in [1.54, 1.807) is 12.4 Å². The van der Waals surface area contributed by atoms with Crippen molar-refractivity contribution >= 4 is 22.2 Å². The molecule has 0 bridgehead atoms. The predicted octanol–water partition coefficient (Wildman–Crippen LogP) is 0.693. The fourth-order valence-corrected chi connectivity index (χ4v) is 4.71. The second-order valence-corrected chi connectivity index (χ2v) is 9.80. The first kappa shape index (κ1) is 27.3. The smallest absolute Gasteiger partial charge is 0.248 e. The molecule has 2 atom stereocenters. The number of nitrogens with one attached hydrogen (secondary N) is 3. The average molecular weight is 559 g/mol. The van der Waals surface area contributed by atoms with E-state index in [1.165, 1.54) is 7.11 Å². The quantitative estimate of drug-likeness (QED) is 0.154. The number of hydrogen-bond acceptors (Lipinski definition) is 11. The number of β-amino-alcohol motifs (C(OH)–C–C–N with tert-alkyl or cyclic N) is 1. The maximum Gasteiger partial charge on any atom is 0.248 e. The molecule has 0 amide bonds. The van der Waals surface area contributed by atoms with E-state index in [0.29, 0.717) is 61.6 Å². The predicted molar refractivity (Wildman–Crippen MR) is 142 cm³/mol. The number of fused-ring (bicyclic) bond motifs is 1. The van der Waals surface area contributed by atoms with Crippen molar-refractivity contribution in [2.45, 2.75) is 19.2 Å². The van der Waals surface area contributed by atoms with Crippen LogP contribution in [0.4, 0.5) is 0 Å². The Morgan fingerprint density at radius 3 is 2.82 bits per heavy atom. The monoisotopic (exact) mass is 558 g/mol. The molecule has 0 spiro atoms. The van der Waals surface area contributed by atoms with Gasteiger partial charge in [0.2, 0.25) is 28.9 Å². The Morgan fingerprint density at radius 1 is 1.18 bits per heavy atom. The van der Waals surface area contributed by atoms with Gasteiger partial charge < -0.3 is 24.3 Å². The Labute approximate surface area is 226 Å². The summed E-state index contributed by atoms with van der Waals surface area (Å²) in [4.78, 5) is 6.53. The highest BCUT2D eigenvalue weighted by Gasteiger charge is 2.18. The number of ether oxygens (including phenoxy) is 2. The van der Waals surface area contributed by atoms with Gasteiger partial charge in [-0.2, -0.15) is 5.10 Å². The van der Waals surface area contributed by atoms with Crippen LogP contribution < -0.4 is 14.8 Å². The van der Waals surface area contributed by atoms with Crippen LogP contribution in [0.3, 0.4) is 0 Å². The number of nitrogens with zero attached hydrogens (tertiary/aromatic N) is 5. The summed E-state index contributed by atoms with van der Waals surface area (Å²) in [6, 6.07) is 5.66. The van der Waals surface area contributed by atoms with E-state index in [9.17, 15) is 9.32 Å². The van der Waals surface area contributed by atoms with Gasteiger partial charge in [0.05, 0.1) is 50.2 Å². The highest BCUT2D eigenvalue weighted by Crippen LogP contribution is 2.33. The second-order valence-electron chi connectivity index (χ2n) is 9.02. The number of benzene rings is 1. The van der Waals surface area contributed by atoms with Gasteiger partial charge in [-0.05, 0) is 23.8 Å². The minimum Gasteiger partial charge on any atom is -0.481 e. The normalized spacial score (nSPS) is 16.0. The van der Waals surface area contributed by atoms with Crippen LogP contribution >= 0.6 is 0 Å². The van der Waals surface area contributed by atoms with E-state index in [2.05, 4.69) is 40.3 Å². The third-order valence-corrected chi connectivity index (χ3v) is 6.71. The summed E-state index contributed by atoms with van der Waals surface area (Å²) in [6.07, 6.45) is 2.82. The number of hydrogen-bond donors (Lipinski definition) is 5. The van der Waals surface area contributed by atoms with Crippen LogP contribution in [0.25, 0.3) is 33.5 Å². The molecule has 1 saturated heterocycles. The molecule has 2 unspecified atom stereocenters. The molecular formula is C24H30N8O6S. The van der Waals surface area contributed by atoms with Crippen molar-refractivity contribution in [2.24, 2.45) is 0 Å². The highest BCUT2D eigenvalue weighted by molar-refractivity contribution is 7.77. The number of H-pyrrole nitrogens is 1. The Balaban J connectivity index is 1.32. The Hall–Kier alpha value is -3.31. The van der Waals surface area contributed by atoms with Gasteiger partial charge in [-0.3, -0.25) is 14.6 Å². The van der Waals surface area contributed by atoms with Crippen molar-refractivity contribution in [1.29, 1.82) is 0 Å². The molecule has 15 heteroatoms. The molecule has 5 N–H and O–H groups in total. The fraction of sp³-hybridized carbons (Fsp3) is 0.417. The van der Waals surface area contributed by atoms with E-state index in [1.807, 2.05) is 18.2 Å². The molecule has 0 radical (unpaired) electrons. The number of aliphatic hydroxyl groups excluding tert-OH is 1. The number of pyridine rings is 1. The van der Waals surface area contributed by atoms with Gasteiger partial charge in [0.25, 0.3) is 0 Å². The number of rotatable bonds is 12. The van der Waals surface area contributed by atoms with Crippen molar-refractivity contribution < 1.29 is 27.8 Å². The topological polar surface area (TPSA) is 184 Å². The molecule has 1 fully saturated rings. The van der Waals surface area contributed by atoms with Crippen LogP contribution in [0.15, 0.2) is 35.0 Å². The first-order chi connectivity index (χ1) is 19.0. The zero-order valence-electron chi connectivity index (χ0n) is 21.3. The second kappa shape index (κ2) is 12.7. The third-order valence-electron chi connectivity index (χ3n) is 6.32. The Morgan fingerprint density at radius 2 is 2.03 bits per heavy atom. The van der Waals surface area contributed by atoms with Gasteiger partial charge in [0, 0.05) is 55.4 Å². The van der Waals surface area contributed by atoms with Gasteiger partial charge in [0.15, 0.2) is 0 Å². The fourth-order valence-electron chi connectivity index (χ4n) is 4.43. The first-order valence-corrected chi connectivity index (χ1v) is 13.5. The van der Waals surface area contributed by atoms with Crippen LogP contribution in [0.5, 0.6) is 5.88 Å². The molecule has 0 saturated carbocycles. The molecule has 39 heavy (non-hydrogen) atoms. The van der Waals surface area contributed by atoms with Gasteiger partial charge in [0.1, 0.15) is 0 Å². The molecule has 208 valence electrons. The summed E-state index contributed by atoms with van der Waals surface area (Å²) in [7, 11) is 1.49. The summed E-state index contributed by atoms with van der Waals surface area (Å²) in [5.41, 5.74) is 3.62. The molecule has 4 aromatic rings. The molecule has 4 heterocycles. The van der Waals surface area contributed by atoms with Crippen LogP contribution in [-0.2, 0) is 29.1 Å². The number of methoxy groups -OCH3 is 1. The van der Waals surface area contributed by atoms with E-state index in [0.717, 1.165) is 35.1 Å². The lowest BCUT2D eigenvalue weighted by atomic mass is 10.0. The van der Waals surface area contributed by atoms with Crippen LogP contribution in [0.2, 0.25) is 0 Å². The number of morpholine rings is 1. The van der Waals surface area contributed by atoms with E-state index in [-0.39, 0.29) is 6.54 Å². The summed E-state index contributed by atoms with van der Waals surface area (Å²) in [5, 5.41) is 29.9. The molecular weight excluding hydrogens is 528 g/mol. The van der Waals surface area contributed by atoms with E-state index in [4.69, 9.17) is 18.4 Å². The van der Waals surface area contributed by atoms with Gasteiger partial charge >= 0.3 is 0 Å². The SMILES string of the molecule is COc1ncc(-c2cc(-c3nnc(CNCC(O)CN4CCOCC4)o3)c3cn[nH]c3c2)cc1CNS(=O)O. The molecule has 1 aliphatic rings. The summed E-state index contributed by atoms with van der Waals surface area (Å²) in [5.74, 6) is 1.07. The Bertz CT molecular complexity index is 1420. The van der Waals surface area contributed by atoms with E-state index < -0.39 is 17.4 Å². The lowest BCUT2D eigenvalue weighted by Crippen LogP contribution is -2.43. The van der Waals surface area contributed by atoms with Crippen LogP contribution in [-0.4, -0.2) is 96.8 Å². The molecule has 1 aromatic carbocycles. The van der Waals surface area contributed by atoms with Gasteiger partial charge in [-0.15, -0.1) is 10.2 Å². The standard InChI is InChI=1S/C24H30N8O6S/c1-36-23-17(10-28-39(34)35)6-16(9-26-23)15-7-19(20-12-27-29-21(20)8-15)24-31-30-22(38-24)13-25-11-18(33)14-32-2-4-37-5-3-32/h6-9,12,18,25,28,33H,2-5,10-11,13-14H2,1H3,(H,27,29)(H,34,35). The first-order valence-electron chi connectivity index (χ1n) is 12.4. The molecule has 3 aromatic heterocycles. The lowest BCUT2D eigenvalue weighted by Gasteiger charge is -2.28. The minimum absolute atomic E-state index is 0.0907. The number of aromatic amines is 1. The molecule has 14 nitrogen and oxygen atoms in total. The third kappa shape index (κ3) is 6.83. The summed E-state index contributed by atoms with van der Waals surface area (Å²) < 4.78 is 39.3. The maximum atomic E-state index is 11.1.